The van der Waals surface area contributed by atoms with Crippen LogP contribution in [0, 0.1) is 0 Å². The van der Waals surface area contributed by atoms with Gasteiger partial charge in [0.2, 0.25) is 12.4 Å². The molecule has 78 heavy (non-hydrogen) atoms. The number of esters is 4. The molecule has 3 aliphatic heterocycles. The van der Waals surface area contributed by atoms with Crippen LogP contribution in [0.2, 0.25) is 0 Å². The maximum atomic E-state index is 14.9. The van der Waals surface area contributed by atoms with E-state index in [2.05, 4.69) is 0 Å². The van der Waals surface area contributed by atoms with Gasteiger partial charge < -0.3 is 57.5 Å². The highest BCUT2D eigenvalue weighted by Crippen LogP contribution is 2.49. The molecule has 4 amide bonds. The molecule has 8 rings (SSSR count). The largest absolute Gasteiger partial charge is 0.467 e. The summed E-state index contributed by atoms with van der Waals surface area (Å²) in [5, 5.41) is 2.52. The zero-order chi connectivity index (χ0) is 56.5. The fourth-order valence-corrected chi connectivity index (χ4v) is 11.2. The average molecular weight is 1130 g/mol. The molecule has 0 unspecified atom stereocenters. The number of carbonyl (C=O) groups is 8. The van der Waals surface area contributed by atoms with Crippen molar-refractivity contribution in [2.24, 2.45) is 0 Å². The zero-order valence-corrected chi connectivity index (χ0v) is 46.5. The van der Waals surface area contributed by atoms with E-state index < -0.39 is 84.2 Å². The number of likely N-dealkylation sites (N-methyl/N-ethyl adjacent to an activating group) is 2. The molecule has 0 radical (unpaired) electrons. The van der Waals surface area contributed by atoms with Crippen LogP contribution in [0.5, 0.6) is 11.5 Å². The van der Waals surface area contributed by atoms with Crippen molar-refractivity contribution in [2.75, 3.05) is 68.9 Å². The lowest BCUT2D eigenvalue weighted by molar-refractivity contribution is -0.282. The number of methoxy groups -OCH3 is 1. The molecule has 0 bridgehead atoms. The summed E-state index contributed by atoms with van der Waals surface area (Å²) in [6.07, 6.45) is -9.52. The third-order valence-corrected chi connectivity index (χ3v) is 15.0. The minimum Gasteiger partial charge on any atom is -0.467 e. The molecule has 414 valence electrons. The van der Waals surface area contributed by atoms with E-state index in [-0.39, 0.29) is 71.0 Å². The van der Waals surface area contributed by atoms with Crippen molar-refractivity contribution >= 4 is 115 Å². The average Bonchev–Trinajstić information content (AvgIpc) is 4.27. The molecule has 23 heteroatoms. The van der Waals surface area contributed by atoms with Gasteiger partial charge in [0.1, 0.15) is 17.1 Å². The molecule has 0 saturated carbocycles. The Hall–Kier alpha value is -7.20. The molecule has 0 N–H and O–H groups in total. The van der Waals surface area contributed by atoms with E-state index in [0.717, 1.165) is 55.7 Å². The third-order valence-electron chi connectivity index (χ3n) is 13.2. The van der Waals surface area contributed by atoms with Gasteiger partial charge in [-0.05, 0) is 54.8 Å². The highest BCUT2D eigenvalue weighted by Gasteiger charge is 2.56. The van der Waals surface area contributed by atoms with E-state index in [0.29, 0.717) is 27.5 Å². The Kier molecular flexibility index (Phi) is 17.1. The number of alkyl halides is 2. The molecular formula is C55H58Cl2N4O16S. The van der Waals surface area contributed by atoms with Gasteiger partial charge in [0, 0.05) is 108 Å². The van der Waals surface area contributed by atoms with Crippen LogP contribution in [0.1, 0.15) is 83.8 Å². The summed E-state index contributed by atoms with van der Waals surface area (Å²) in [5.41, 5.74) is 1.70. The normalized spacial score (nSPS) is 20.5. The van der Waals surface area contributed by atoms with Gasteiger partial charge in [-0.15, -0.1) is 34.5 Å². The van der Waals surface area contributed by atoms with Crippen LogP contribution in [0.4, 0.5) is 21.0 Å². The predicted octanol–water partition coefficient (Wildman–Crippen LogP) is 8.39. The summed E-state index contributed by atoms with van der Waals surface area (Å²) in [6, 6.07) is 20.8. The number of halogens is 2. The van der Waals surface area contributed by atoms with Gasteiger partial charge >= 0.3 is 36.1 Å². The molecule has 20 nitrogen and oxygen atoms in total. The Bertz CT molecular complexity index is 3200. The molecule has 0 spiro atoms. The van der Waals surface area contributed by atoms with Crippen LogP contribution in [0.3, 0.4) is 0 Å². The first kappa shape index (κ1) is 57.0. The Labute approximate surface area is 463 Å². The lowest BCUT2D eigenvalue weighted by atomic mass is 9.95. The van der Waals surface area contributed by atoms with Crippen LogP contribution >= 0.6 is 34.5 Å². The van der Waals surface area contributed by atoms with Crippen molar-refractivity contribution in [3.63, 3.8) is 0 Å². The number of amides is 4. The number of nitrogens with zero attached hydrogens (tertiary/aromatic N) is 4. The fraction of sp³-hybridized carbons (Fsp3) is 0.418. The number of ether oxygens (including phenoxy) is 8. The van der Waals surface area contributed by atoms with E-state index in [1.165, 1.54) is 14.7 Å². The molecule has 1 aromatic heterocycles. The van der Waals surface area contributed by atoms with E-state index in [1.54, 1.807) is 82.2 Å². The first-order valence-corrected chi connectivity index (χ1v) is 26.7. The summed E-state index contributed by atoms with van der Waals surface area (Å²) >= 11 is 14.2. The summed E-state index contributed by atoms with van der Waals surface area (Å²) in [4.78, 5) is 113. The number of benzene rings is 4. The Morgan fingerprint density at radius 2 is 1.09 bits per heavy atom. The van der Waals surface area contributed by atoms with Crippen molar-refractivity contribution in [1.82, 2.24) is 9.80 Å². The van der Waals surface area contributed by atoms with Gasteiger partial charge in [-0.25, -0.2) is 14.4 Å². The van der Waals surface area contributed by atoms with Gasteiger partial charge in [-0.3, -0.25) is 24.0 Å². The SMILES string of the molecule is COC(=O)[C@H]1O[C@@H](Oc2cc3c(c4ccccc24)[C@H](CCl)CN3C(=O)c2ccc(C(=O)N3C[C@@H](CCl)c4c3cc(OC(=O)N(C)CCN(C)C(=O)OC(C)(C)C)c3ccccc43)s2)[C@H](OC(C)=O)[C@@H](OC(C)=O)[C@@H]1OC(C)=O. The van der Waals surface area contributed by atoms with Crippen LogP contribution < -0.4 is 19.3 Å². The van der Waals surface area contributed by atoms with Crippen LogP contribution in [-0.2, 0) is 47.6 Å². The summed E-state index contributed by atoms with van der Waals surface area (Å²) in [6.45, 7) is 9.15. The van der Waals surface area contributed by atoms with Crippen molar-refractivity contribution in [1.29, 1.82) is 0 Å². The smallest absolute Gasteiger partial charge is 0.415 e. The third kappa shape index (κ3) is 11.8. The number of thiophene rings is 1. The van der Waals surface area contributed by atoms with Crippen LogP contribution in [0.15, 0.2) is 72.8 Å². The second-order valence-corrected chi connectivity index (χ2v) is 21.6. The second-order valence-electron chi connectivity index (χ2n) is 19.9. The van der Waals surface area contributed by atoms with E-state index >= 15 is 0 Å². The summed E-state index contributed by atoms with van der Waals surface area (Å²) in [7, 11) is 4.20. The lowest BCUT2D eigenvalue weighted by Crippen LogP contribution is -2.64. The van der Waals surface area contributed by atoms with Gasteiger partial charge in [0.05, 0.1) is 28.2 Å². The molecule has 1 saturated heterocycles. The van der Waals surface area contributed by atoms with Gasteiger partial charge in [0.25, 0.3) is 11.8 Å². The maximum Gasteiger partial charge on any atom is 0.415 e. The number of fused-ring (bicyclic) bond motifs is 6. The number of rotatable bonds is 14. The topological polar surface area (TPSA) is 223 Å². The molecular weight excluding hydrogens is 1080 g/mol. The van der Waals surface area contributed by atoms with Crippen molar-refractivity contribution in [3.8, 4) is 11.5 Å². The summed E-state index contributed by atoms with van der Waals surface area (Å²) in [5.74, 6) is -4.59. The van der Waals surface area contributed by atoms with E-state index in [9.17, 15) is 38.4 Å². The molecule has 0 aliphatic carbocycles. The lowest BCUT2D eigenvalue weighted by Gasteiger charge is -2.43. The Balaban J connectivity index is 1.09. The quantitative estimate of drug-likeness (QED) is 0.0578. The van der Waals surface area contributed by atoms with E-state index in [1.807, 2.05) is 30.3 Å². The minimum absolute atomic E-state index is 0.0919. The van der Waals surface area contributed by atoms with Crippen molar-refractivity contribution < 1.29 is 76.3 Å². The Morgan fingerprint density at radius 3 is 1.56 bits per heavy atom. The van der Waals surface area contributed by atoms with Crippen molar-refractivity contribution in [2.45, 2.75) is 89.7 Å². The number of hydrogen-bond donors (Lipinski definition) is 0. The van der Waals surface area contributed by atoms with Gasteiger partial charge in [-0.2, -0.15) is 0 Å². The van der Waals surface area contributed by atoms with Crippen LogP contribution in [-0.4, -0.2) is 153 Å². The highest BCUT2D eigenvalue weighted by atomic mass is 35.5. The number of carbonyl (C=O) groups excluding carboxylic acids is 8. The van der Waals surface area contributed by atoms with Crippen molar-refractivity contribution in [3.05, 3.63) is 93.7 Å². The molecule has 1 fully saturated rings. The second kappa shape index (κ2) is 23.4. The minimum atomic E-state index is -1.73. The van der Waals surface area contributed by atoms with Gasteiger partial charge in [-0.1, -0.05) is 48.5 Å². The number of anilines is 2. The first-order chi connectivity index (χ1) is 37.0. The first-order valence-electron chi connectivity index (χ1n) is 24.8. The number of hydrogen-bond acceptors (Lipinski definition) is 17. The Morgan fingerprint density at radius 1 is 0.641 bits per heavy atom. The molecule has 4 heterocycles. The molecule has 3 aliphatic rings. The van der Waals surface area contributed by atoms with Crippen LogP contribution in [0.25, 0.3) is 21.5 Å². The maximum absolute atomic E-state index is 14.9. The monoisotopic (exact) mass is 1130 g/mol. The van der Waals surface area contributed by atoms with E-state index in [4.69, 9.17) is 61.1 Å². The zero-order valence-electron chi connectivity index (χ0n) is 44.2. The molecule has 7 atom stereocenters. The standard InChI is InChI=1S/C55H58Cl2N4O16S/c1-28(62)71-45-46(72-29(2)63)48(73-30(3)64)52(76-47(45)51(67)70-9)74-39-22-37-43(35-16-12-10-14-33(35)39)31(24-56)26-60(37)49(65)41-18-19-42(78-41)50(66)61-27-32(25-57)44-36-17-13-11-15-34(36)40(23-38(44)61)75-53(68)58(7)20-21-59(8)54(69)77-55(4,5)6/h10-19,22-23,31-32,45-48,52H,20-21,24-27H2,1-9H3/t31-,32-,45+,46+,47+,48-,52-/m1/s1. The predicted molar refractivity (Wildman–Crippen MR) is 288 cm³/mol. The van der Waals surface area contributed by atoms with Gasteiger partial charge in [0.15, 0.2) is 18.3 Å². The highest BCUT2D eigenvalue weighted by molar-refractivity contribution is 7.16. The summed E-state index contributed by atoms with van der Waals surface area (Å²) < 4.78 is 45.7. The molecule has 4 aromatic carbocycles. The fourth-order valence-electron chi connectivity index (χ4n) is 9.77. The molecule has 5 aromatic rings.